The van der Waals surface area contributed by atoms with E-state index in [9.17, 15) is 9.59 Å². The van der Waals surface area contributed by atoms with Crippen LogP contribution in [0, 0.1) is 6.92 Å². The lowest BCUT2D eigenvalue weighted by molar-refractivity contribution is 0.0710. The molecule has 0 N–H and O–H groups in total. The van der Waals surface area contributed by atoms with Crippen molar-refractivity contribution in [2.75, 3.05) is 13.7 Å². The van der Waals surface area contributed by atoms with Crippen molar-refractivity contribution in [2.45, 2.75) is 32.2 Å². The van der Waals surface area contributed by atoms with Crippen LogP contribution in [-0.4, -0.2) is 30.5 Å². The van der Waals surface area contributed by atoms with Crippen molar-refractivity contribution in [1.82, 2.24) is 4.90 Å². The molecule has 5 nitrogen and oxygen atoms in total. The number of ether oxygens (including phenoxy) is 1. The number of hydrogen-bond donors (Lipinski definition) is 0. The van der Waals surface area contributed by atoms with E-state index in [1.807, 2.05) is 6.92 Å². The zero-order valence-corrected chi connectivity index (χ0v) is 14.1. The monoisotopic (exact) mass is 327 g/mol. The van der Waals surface area contributed by atoms with Crippen LogP contribution >= 0.6 is 0 Å². The highest BCUT2D eigenvalue weighted by Crippen LogP contribution is 2.32. The van der Waals surface area contributed by atoms with Gasteiger partial charge in [-0.15, -0.1) is 0 Å². The van der Waals surface area contributed by atoms with Crippen LogP contribution in [0.25, 0.3) is 0 Å². The number of carbonyl (C=O) groups excluding carboxylic acids is 1. The van der Waals surface area contributed by atoms with Gasteiger partial charge in [0, 0.05) is 24.6 Å². The van der Waals surface area contributed by atoms with Gasteiger partial charge in [0.05, 0.1) is 7.11 Å². The second-order valence-corrected chi connectivity index (χ2v) is 6.33. The first kappa shape index (κ1) is 16.3. The Balaban J connectivity index is 1.79. The lowest BCUT2D eigenvalue weighted by Crippen LogP contribution is -2.34. The highest BCUT2D eigenvalue weighted by atomic mass is 16.5. The Morgan fingerprint density at radius 1 is 1.29 bits per heavy atom. The Hall–Kier alpha value is -2.56. The van der Waals surface area contributed by atoms with E-state index < -0.39 is 0 Å². The summed E-state index contributed by atoms with van der Waals surface area (Å²) in [5.41, 5.74) is 2.10. The van der Waals surface area contributed by atoms with Crippen LogP contribution in [0.2, 0.25) is 0 Å². The molecule has 0 bridgehead atoms. The smallest absolute Gasteiger partial charge is 0.289 e. The van der Waals surface area contributed by atoms with Crippen molar-refractivity contribution < 1.29 is 13.9 Å². The van der Waals surface area contributed by atoms with E-state index in [1.54, 1.807) is 4.90 Å². The average Bonchev–Trinajstić information content (AvgIpc) is 2.96. The highest BCUT2D eigenvalue weighted by molar-refractivity contribution is 5.91. The van der Waals surface area contributed by atoms with Crippen LogP contribution in [0.3, 0.4) is 0 Å². The third-order valence-electron chi connectivity index (χ3n) is 4.61. The number of methoxy groups -OCH3 is 1. The van der Waals surface area contributed by atoms with Gasteiger partial charge >= 0.3 is 0 Å². The van der Waals surface area contributed by atoms with Crippen molar-refractivity contribution >= 4 is 5.91 Å². The summed E-state index contributed by atoms with van der Waals surface area (Å²) in [7, 11) is 1.39. The molecular formula is C19H21NO4. The van der Waals surface area contributed by atoms with Crippen LogP contribution in [-0.2, 0) is 0 Å². The summed E-state index contributed by atoms with van der Waals surface area (Å²) < 4.78 is 10.2. The van der Waals surface area contributed by atoms with E-state index in [-0.39, 0.29) is 28.9 Å². The number of rotatable bonds is 3. The van der Waals surface area contributed by atoms with E-state index in [2.05, 4.69) is 31.2 Å². The van der Waals surface area contributed by atoms with Crippen molar-refractivity contribution in [1.29, 1.82) is 0 Å². The average molecular weight is 327 g/mol. The van der Waals surface area contributed by atoms with E-state index in [0.29, 0.717) is 12.5 Å². The Labute approximate surface area is 140 Å². The van der Waals surface area contributed by atoms with Gasteiger partial charge in [0.1, 0.15) is 6.26 Å². The first-order valence-electron chi connectivity index (χ1n) is 8.04. The van der Waals surface area contributed by atoms with Crippen molar-refractivity contribution in [3.63, 3.8) is 0 Å². The summed E-state index contributed by atoms with van der Waals surface area (Å²) in [5.74, 6) is 0.196. The summed E-state index contributed by atoms with van der Waals surface area (Å²) in [5, 5.41) is 0. The fourth-order valence-electron chi connectivity index (χ4n) is 3.20. The molecule has 0 spiro atoms. The number of nitrogens with zero attached hydrogens (tertiary/aromatic N) is 1. The molecule has 1 aromatic heterocycles. The van der Waals surface area contributed by atoms with Crippen LogP contribution in [0.5, 0.6) is 5.75 Å². The minimum atomic E-state index is -0.353. The van der Waals surface area contributed by atoms with Crippen LogP contribution in [0.1, 0.15) is 40.9 Å². The molecule has 5 heteroatoms. The molecule has 24 heavy (non-hydrogen) atoms. The molecule has 0 aliphatic carbocycles. The summed E-state index contributed by atoms with van der Waals surface area (Å²) in [6, 6.07) is 9.71. The van der Waals surface area contributed by atoms with E-state index >= 15 is 0 Å². The second kappa shape index (κ2) is 6.51. The lowest BCUT2D eigenvalue weighted by Gasteiger charge is -2.20. The molecule has 0 unspecified atom stereocenters. The maximum Gasteiger partial charge on any atom is 0.289 e. The maximum absolute atomic E-state index is 12.7. The zero-order valence-electron chi connectivity index (χ0n) is 14.1. The Bertz CT molecular complexity index is 794. The van der Waals surface area contributed by atoms with Gasteiger partial charge in [0.2, 0.25) is 11.2 Å². The molecule has 1 saturated heterocycles. The minimum Gasteiger partial charge on any atom is -0.490 e. The quantitative estimate of drug-likeness (QED) is 0.869. The molecule has 2 aromatic rings. The van der Waals surface area contributed by atoms with Gasteiger partial charge in [0.15, 0.2) is 5.76 Å². The van der Waals surface area contributed by atoms with E-state index in [0.717, 1.165) is 6.42 Å². The maximum atomic E-state index is 12.7. The number of amides is 1. The fourth-order valence-corrected chi connectivity index (χ4v) is 3.20. The van der Waals surface area contributed by atoms with Gasteiger partial charge in [-0.1, -0.05) is 29.8 Å². The molecule has 3 rings (SSSR count). The normalized spacial score (nSPS) is 20.2. The summed E-state index contributed by atoms with van der Waals surface area (Å²) >= 11 is 0. The first-order chi connectivity index (χ1) is 11.5. The molecule has 2 atom stereocenters. The molecule has 126 valence electrons. The topological polar surface area (TPSA) is 59.8 Å². The van der Waals surface area contributed by atoms with Crippen molar-refractivity contribution in [3.05, 3.63) is 63.7 Å². The van der Waals surface area contributed by atoms with Gasteiger partial charge in [-0.25, -0.2) is 0 Å². The van der Waals surface area contributed by atoms with Gasteiger partial charge in [-0.2, -0.15) is 0 Å². The number of carbonyl (C=O) groups is 1. The molecule has 2 heterocycles. The number of benzene rings is 1. The fraction of sp³-hybridized carbons (Fsp3) is 0.368. The van der Waals surface area contributed by atoms with E-state index in [4.69, 9.17) is 9.15 Å². The van der Waals surface area contributed by atoms with Gasteiger partial charge in [-0.3, -0.25) is 9.59 Å². The largest absolute Gasteiger partial charge is 0.490 e. The van der Waals surface area contributed by atoms with Crippen molar-refractivity contribution in [2.24, 2.45) is 0 Å². The summed E-state index contributed by atoms with van der Waals surface area (Å²) in [6.45, 7) is 4.70. The van der Waals surface area contributed by atoms with Crippen LogP contribution < -0.4 is 10.2 Å². The SMILES string of the molecule is COc1coc(C(=O)N2C[C@H](c3ccc(C)cc3)C[C@H]2C)cc1=O. The van der Waals surface area contributed by atoms with Gasteiger partial charge in [0.25, 0.3) is 5.91 Å². The number of aryl methyl sites for hydroxylation is 1. The molecule has 0 radical (unpaired) electrons. The molecule has 1 aliphatic rings. The molecule has 0 saturated carbocycles. The van der Waals surface area contributed by atoms with Crippen LogP contribution in [0.4, 0.5) is 0 Å². The standard InChI is InChI=1S/C19H21NO4/c1-12-4-6-14(7-5-12)15-8-13(2)20(10-15)19(22)17-9-16(21)18(23-3)11-24-17/h4-7,9,11,13,15H,8,10H2,1-3H3/t13-,15-/m1/s1. The Kier molecular flexibility index (Phi) is 4.42. The second-order valence-electron chi connectivity index (χ2n) is 6.33. The third-order valence-corrected chi connectivity index (χ3v) is 4.61. The number of hydrogen-bond acceptors (Lipinski definition) is 4. The lowest BCUT2D eigenvalue weighted by atomic mass is 9.96. The highest BCUT2D eigenvalue weighted by Gasteiger charge is 2.34. The molecule has 1 amide bonds. The molecule has 1 aliphatic heterocycles. The van der Waals surface area contributed by atoms with Crippen LogP contribution in [0.15, 0.2) is 45.8 Å². The predicted molar refractivity (Wildman–Crippen MR) is 90.6 cm³/mol. The molecular weight excluding hydrogens is 306 g/mol. The van der Waals surface area contributed by atoms with E-state index in [1.165, 1.54) is 30.6 Å². The molecule has 1 fully saturated rings. The minimum absolute atomic E-state index is 0.0530. The van der Waals surface area contributed by atoms with Gasteiger partial charge in [-0.05, 0) is 25.8 Å². The predicted octanol–water partition coefficient (Wildman–Crippen LogP) is 2.98. The first-order valence-corrected chi connectivity index (χ1v) is 8.04. The summed E-state index contributed by atoms with van der Waals surface area (Å²) in [4.78, 5) is 26.3. The zero-order chi connectivity index (χ0) is 17.3. The Morgan fingerprint density at radius 2 is 2.00 bits per heavy atom. The summed E-state index contributed by atoms with van der Waals surface area (Å²) in [6.07, 6.45) is 2.09. The number of likely N-dealkylation sites (tertiary alicyclic amines) is 1. The Morgan fingerprint density at radius 3 is 2.62 bits per heavy atom. The van der Waals surface area contributed by atoms with Crippen molar-refractivity contribution in [3.8, 4) is 5.75 Å². The van der Waals surface area contributed by atoms with Gasteiger partial charge < -0.3 is 14.1 Å². The third kappa shape index (κ3) is 3.07. The molecule has 1 aromatic carbocycles.